The van der Waals surface area contributed by atoms with Crippen LogP contribution in [0.4, 0.5) is 0 Å². The maximum Gasteiger partial charge on any atom is 0.246 e. The average Bonchev–Trinajstić information content (AvgIpc) is 3.68. The maximum absolute atomic E-state index is 14.3. The van der Waals surface area contributed by atoms with Crippen molar-refractivity contribution >= 4 is 29.3 Å². The molecule has 5 atom stereocenters. The van der Waals surface area contributed by atoms with Gasteiger partial charge in [-0.1, -0.05) is 71.9 Å². The van der Waals surface area contributed by atoms with E-state index in [1.165, 1.54) is 4.90 Å². The third-order valence-corrected chi connectivity index (χ3v) is 9.94. The fourth-order valence-electron chi connectivity index (χ4n) is 7.59. The summed E-state index contributed by atoms with van der Waals surface area (Å²) < 4.78 is 0. The second-order valence-corrected chi connectivity index (χ2v) is 14.6. The number of nitrogens with zero attached hydrogens (tertiary/aromatic N) is 4. The summed E-state index contributed by atoms with van der Waals surface area (Å²) in [5.41, 5.74) is 1.10. The molecule has 0 spiro atoms. The largest absolute Gasteiger partial charge is 0.333 e. The molecule has 256 valence electrons. The monoisotopic (exact) mass is 638 g/mol. The van der Waals surface area contributed by atoms with Crippen LogP contribution >= 0.6 is 0 Å². The summed E-state index contributed by atoms with van der Waals surface area (Å²) in [6, 6.07) is 7.72. The first-order chi connectivity index (χ1) is 21.7. The predicted octanol–water partition coefficient (Wildman–Crippen LogP) is 4.47. The van der Waals surface area contributed by atoms with Gasteiger partial charge in [0.15, 0.2) is 11.6 Å². The zero-order valence-electron chi connectivity index (χ0n) is 29.7. The van der Waals surface area contributed by atoms with E-state index in [1.54, 1.807) is 16.8 Å². The van der Waals surface area contributed by atoms with E-state index in [2.05, 4.69) is 0 Å². The van der Waals surface area contributed by atoms with Crippen molar-refractivity contribution in [2.45, 2.75) is 111 Å². The van der Waals surface area contributed by atoms with E-state index in [0.29, 0.717) is 45.2 Å². The van der Waals surface area contributed by atoms with Crippen LogP contribution in [0.5, 0.6) is 0 Å². The minimum atomic E-state index is -0.770. The number of hydrogen-bond donors (Lipinski definition) is 0. The SMILES string of the molecule is CC(C)[C@H](CC(=O)[C@H](C(C)C)N(C)C)C(=O)N(C)[C@H](C(=O)N1CCC[C@H]1C(=O)N1CCC[C@H]1C(=O)CCc1ccccc1)C(C)C. The van der Waals surface area contributed by atoms with Crippen LogP contribution in [0.1, 0.15) is 85.6 Å². The molecule has 0 bridgehead atoms. The first-order valence-electron chi connectivity index (χ1n) is 17.3. The van der Waals surface area contributed by atoms with Crippen LogP contribution in [-0.2, 0) is 30.4 Å². The van der Waals surface area contributed by atoms with Gasteiger partial charge in [-0.15, -0.1) is 0 Å². The van der Waals surface area contributed by atoms with Gasteiger partial charge >= 0.3 is 0 Å². The number of rotatable bonds is 15. The van der Waals surface area contributed by atoms with E-state index >= 15 is 0 Å². The van der Waals surface area contributed by atoms with Gasteiger partial charge in [0.2, 0.25) is 17.7 Å². The topological polar surface area (TPSA) is 98.3 Å². The van der Waals surface area contributed by atoms with Crippen molar-refractivity contribution in [2.75, 3.05) is 34.2 Å². The molecule has 0 N–H and O–H groups in total. The summed E-state index contributed by atoms with van der Waals surface area (Å²) in [4.78, 5) is 75.8. The highest BCUT2D eigenvalue weighted by Crippen LogP contribution is 2.30. The molecular weight excluding hydrogens is 580 g/mol. The number of carbonyl (C=O) groups is 5. The van der Waals surface area contributed by atoms with Crippen molar-refractivity contribution in [1.82, 2.24) is 19.6 Å². The van der Waals surface area contributed by atoms with Crippen LogP contribution in [0.25, 0.3) is 0 Å². The predicted molar refractivity (Wildman–Crippen MR) is 181 cm³/mol. The summed E-state index contributed by atoms with van der Waals surface area (Å²) in [5.74, 6) is -1.28. The smallest absolute Gasteiger partial charge is 0.246 e. The molecule has 1 aromatic carbocycles. The van der Waals surface area contributed by atoms with Crippen LogP contribution in [0.15, 0.2) is 30.3 Å². The van der Waals surface area contributed by atoms with Gasteiger partial charge in [-0.3, -0.25) is 28.9 Å². The van der Waals surface area contributed by atoms with Gasteiger partial charge in [-0.25, -0.2) is 0 Å². The minimum absolute atomic E-state index is 0.0246. The molecule has 3 rings (SSSR count). The van der Waals surface area contributed by atoms with Gasteiger partial charge in [0.25, 0.3) is 0 Å². The van der Waals surface area contributed by atoms with Crippen molar-refractivity contribution in [2.24, 2.45) is 23.7 Å². The first-order valence-corrected chi connectivity index (χ1v) is 17.3. The molecule has 0 aliphatic carbocycles. The Morgan fingerprint density at radius 1 is 0.761 bits per heavy atom. The molecule has 2 aliphatic rings. The van der Waals surface area contributed by atoms with Crippen LogP contribution in [-0.4, -0.2) is 107 Å². The fourth-order valence-corrected chi connectivity index (χ4v) is 7.59. The number of hydrogen-bond acceptors (Lipinski definition) is 6. The van der Waals surface area contributed by atoms with E-state index in [0.717, 1.165) is 12.0 Å². The highest BCUT2D eigenvalue weighted by molar-refractivity contribution is 5.96. The third kappa shape index (κ3) is 8.84. The van der Waals surface area contributed by atoms with Crippen molar-refractivity contribution in [3.05, 3.63) is 35.9 Å². The molecule has 46 heavy (non-hydrogen) atoms. The Hall–Kier alpha value is -3.07. The van der Waals surface area contributed by atoms with Crippen LogP contribution in [0.3, 0.4) is 0 Å². The molecule has 2 aliphatic heterocycles. The van der Waals surface area contributed by atoms with Gasteiger partial charge in [0, 0.05) is 38.9 Å². The van der Waals surface area contributed by atoms with Gasteiger partial charge in [0.1, 0.15) is 12.1 Å². The minimum Gasteiger partial charge on any atom is -0.333 e. The molecule has 9 nitrogen and oxygen atoms in total. The summed E-state index contributed by atoms with van der Waals surface area (Å²) in [7, 11) is 5.42. The Morgan fingerprint density at radius 3 is 1.87 bits per heavy atom. The van der Waals surface area contributed by atoms with E-state index in [1.807, 2.05) is 90.9 Å². The van der Waals surface area contributed by atoms with Crippen molar-refractivity contribution in [3.63, 3.8) is 0 Å². The Morgan fingerprint density at radius 2 is 1.33 bits per heavy atom. The van der Waals surface area contributed by atoms with Crippen molar-refractivity contribution in [1.29, 1.82) is 0 Å². The summed E-state index contributed by atoms with van der Waals surface area (Å²) in [6.07, 6.45) is 3.76. The zero-order valence-corrected chi connectivity index (χ0v) is 29.7. The highest BCUT2D eigenvalue weighted by atomic mass is 16.2. The number of Topliss-reactive ketones (excluding diaryl/α,β-unsaturated/α-hetero) is 2. The number of benzene rings is 1. The Kier molecular flexibility index (Phi) is 13.5. The number of ketones is 2. The average molecular weight is 639 g/mol. The molecule has 2 heterocycles. The van der Waals surface area contributed by atoms with Crippen molar-refractivity contribution < 1.29 is 24.0 Å². The van der Waals surface area contributed by atoms with E-state index in [4.69, 9.17) is 0 Å². The highest BCUT2D eigenvalue weighted by Gasteiger charge is 2.45. The lowest BCUT2D eigenvalue weighted by molar-refractivity contribution is -0.154. The Bertz CT molecular complexity index is 1210. The molecule has 2 saturated heterocycles. The summed E-state index contributed by atoms with van der Waals surface area (Å²) in [5, 5.41) is 0. The standard InChI is InChI=1S/C37H58N4O5/c1-24(2)28(23-32(43)33(25(3)4)38(7)8)35(44)39(9)34(26(5)6)37(46)41-22-14-18-30(41)36(45)40-21-13-17-29(40)31(42)20-19-27-15-11-10-12-16-27/h10-12,15-16,24-26,28-30,33-34H,13-14,17-23H2,1-9H3/t28-,29-,30-,33-,34-/m0/s1. The number of aryl methyl sites for hydroxylation is 1. The van der Waals surface area contributed by atoms with Gasteiger partial charge in [-0.2, -0.15) is 0 Å². The van der Waals surface area contributed by atoms with Gasteiger partial charge < -0.3 is 14.7 Å². The number of likely N-dealkylation sites (tertiary alicyclic amines) is 2. The molecule has 0 radical (unpaired) electrons. The lowest BCUT2D eigenvalue weighted by Gasteiger charge is -2.38. The second kappa shape index (κ2) is 16.7. The van der Waals surface area contributed by atoms with Crippen LogP contribution in [0.2, 0.25) is 0 Å². The zero-order chi connectivity index (χ0) is 34.3. The fraction of sp³-hybridized carbons (Fsp3) is 0.703. The Balaban J connectivity index is 1.75. The van der Waals surface area contributed by atoms with E-state index in [9.17, 15) is 24.0 Å². The lowest BCUT2D eigenvalue weighted by atomic mass is 9.84. The number of likely N-dealkylation sites (N-methyl/N-ethyl adjacent to an activating group) is 2. The lowest BCUT2D eigenvalue weighted by Crippen LogP contribution is -2.57. The number of amides is 3. The summed E-state index contributed by atoms with van der Waals surface area (Å²) in [6.45, 7) is 12.7. The molecule has 3 amide bonds. The first kappa shape index (κ1) is 37.4. The molecule has 9 heteroatoms. The van der Waals surface area contributed by atoms with E-state index in [-0.39, 0.29) is 59.5 Å². The van der Waals surface area contributed by atoms with Gasteiger partial charge in [0.05, 0.1) is 12.1 Å². The molecular formula is C37H58N4O5. The van der Waals surface area contributed by atoms with E-state index < -0.39 is 24.0 Å². The van der Waals surface area contributed by atoms with Crippen LogP contribution in [0, 0.1) is 23.7 Å². The summed E-state index contributed by atoms with van der Waals surface area (Å²) >= 11 is 0. The number of carbonyl (C=O) groups excluding carboxylic acids is 5. The molecule has 0 unspecified atom stereocenters. The second-order valence-electron chi connectivity index (χ2n) is 14.6. The van der Waals surface area contributed by atoms with Gasteiger partial charge in [-0.05, 0) is 69.5 Å². The quantitative estimate of drug-likeness (QED) is 0.281. The molecule has 2 fully saturated rings. The molecule has 1 aromatic rings. The third-order valence-electron chi connectivity index (χ3n) is 9.94. The maximum atomic E-state index is 14.3. The van der Waals surface area contributed by atoms with Crippen molar-refractivity contribution in [3.8, 4) is 0 Å². The molecule has 0 saturated carbocycles. The molecule has 0 aromatic heterocycles. The van der Waals surface area contributed by atoms with Crippen LogP contribution < -0.4 is 0 Å². The normalized spacial score (nSPS) is 20.5. The Labute approximate surface area is 277 Å².